The van der Waals surface area contributed by atoms with Crippen LogP contribution in [0.5, 0.6) is 5.75 Å². The van der Waals surface area contributed by atoms with Crippen molar-refractivity contribution < 1.29 is 9.13 Å². The van der Waals surface area contributed by atoms with E-state index in [-0.39, 0.29) is 5.82 Å². The van der Waals surface area contributed by atoms with Gasteiger partial charge in [0.25, 0.3) is 0 Å². The Labute approximate surface area is 100 Å². The number of hydrogen-bond donors (Lipinski definition) is 1. The Hall–Kier alpha value is -0.740. The maximum atomic E-state index is 13.7. The first-order valence-corrected chi connectivity index (χ1v) is 6.37. The Morgan fingerprint density at radius 3 is 2.88 bits per heavy atom. The van der Waals surface area contributed by atoms with Gasteiger partial charge in [0, 0.05) is 16.6 Å². The number of methoxy groups -OCH3 is 1. The minimum Gasteiger partial charge on any atom is -0.494 e. The predicted octanol–water partition coefficient (Wildman–Crippen LogP) is 2.80. The second-order valence-corrected chi connectivity index (χ2v) is 5.06. The van der Waals surface area contributed by atoms with Gasteiger partial charge in [0.2, 0.25) is 0 Å². The van der Waals surface area contributed by atoms with Gasteiger partial charge in [-0.25, -0.2) is 4.39 Å². The van der Waals surface area contributed by atoms with Crippen LogP contribution in [0, 0.1) is 5.82 Å². The van der Waals surface area contributed by atoms with E-state index >= 15 is 0 Å². The second kappa shape index (κ2) is 6.76. The first-order chi connectivity index (χ1) is 7.69. The first kappa shape index (κ1) is 13.3. The molecule has 2 nitrogen and oxygen atoms in total. The van der Waals surface area contributed by atoms with Crippen LogP contribution in [0.1, 0.15) is 18.9 Å². The summed E-state index contributed by atoms with van der Waals surface area (Å²) in [7, 11) is 1.48. The third-order valence-electron chi connectivity index (χ3n) is 2.36. The lowest BCUT2D eigenvalue weighted by molar-refractivity contribution is 0.385. The Bertz CT molecular complexity index is 333. The van der Waals surface area contributed by atoms with Crippen LogP contribution < -0.4 is 10.5 Å². The normalized spacial score (nSPS) is 12.5. The van der Waals surface area contributed by atoms with Crippen molar-refractivity contribution in [1.29, 1.82) is 0 Å². The third kappa shape index (κ3) is 3.68. The highest BCUT2D eigenvalue weighted by Crippen LogP contribution is 2.26. The fourth-order valence-electron chi connectivity index (χ4n) is 1.38. The van der Waals surface area contributed by atoms with Gasteiger partial charge in [-0.1, -0.05) is 19.1 Å². The minimum atomic E-state index is -0.252. The van der Waals surface area contributed by atoms with Crippen molar-refractivity contribution in [3.63, 3.8) is 0 Å². The molecule has 0 aliphatic carbocycles. The van der Waals surface area contributed by atoms with Crippen molar-refractivity contribution >= 4 is 11.8 Å². The van der Waals surface area contributed by atoms with Gasteiger partial charge in [-0.05, 0) is 19.0 Å². The molecular formula is C12H18FNOS. The molecule has 4 heteroatoms. The van der Waals surface area contributed by atoms with E-state index in [0.29, 0.717) is 28.9 Å². The topological polar surface area (TPSA) is 35.2 Å². The highest BCUT2D eigenvalue weighted by atomic mass is 32.2. The van der Waals surface area contributed by atoms with Crippen molar-refractivity contribution in [2.75, 3.05) is 13.7 Å². The SMILES string of the molecule is COc1cccc(CSC(C)CCN)c1F. The largest absolute Gasteiger partial charge is 0.494 e. The van der Waals surface area contributed by atoms with Crippen LogP contribution in [0.15, 0.2) is 18.2 Å². The predicted molar refractivity (Wildman–Crippen MR) is 67.4 cm³/mol. The van der Waals surface area contributed by atoms with Gasteiger partial charge in [0.05, 0.1) is 7.11 Å². The van der Waals surface area contributed by atoms with Crippen LogP contribution in [0.3, 0.4) is 0 Å². The molecule has 0 amide bonds. The van der Waals surface area contributed by atoms with Crippen molar-refractivity contribution in [3.05, 3.63) is 29.6 Å². The molecule has 0 heterocycles. The van der Waals surface area contributed by atoms with E-state index in [1.54, 1.807) is 23.9 Å². The smallest absolute Gasteiger partial charge is 0.169 e. The van der Waals surface area contributed by atoms with Gasteiger partial charge < -0.3 is 10.5 Å². The number of rotatable bonds is 6. The van der Waals surface area contributed by atoms with E-state index < -0.39 is 0 Å². The van der Waals surface area contributed by atoms with E-state index in [9.17, 15) is 4.39 Å². The fraction of sp³-hybridized carbons (Fsp3) is 0.500. The van der Waals surface area contributed by atoms with Crippen LogP contribution in [-0.2, 0) is 5.75 Å². The standard InChI is InChI=1S/C12H18FNOS/c1-9(6-7-14)16-8-10-4-3-5-11(15-2)12(10)13/h3-5,9H,6-8,14H2,1-2H3. The Morgan fingerprint density at radius 1 is 1.50 bits per heavy atom. The summed E-state index contributed by atoms with van der Waals surface area (Å²) >= 11 is 1.71. The van der Waals surface area contributed by atoms with Gasteiger partial charge in [-0.15, -0.1) is 0 Å². The molecule has 0 saturated heterocycles. The molecule has 16 heavy (non-hydrogen) atoms. The lowest BCUT2D eigenvalue weighted by Gasteiger charge is -2.11. The van der Waals surface area contributed by atoms with E-state index in [4.69, 9.17) is 10.5 Å². The number of halogens is 1. The van der Waals surface area contributed by atoms with Crippen LogP contribution in [0.25, 0.3) is 0 Å². The Balaban J connectivity index is 2.60. The molecule has 0 aromatic heterocycles. The van der Waals surface area contributed by atoms with Gasteiger partial charge in [0.15, 0.2) is 11.6 Å². The van der Waals surface area contributed by atoms with Crippen molar-refractivity contribution in [3.8, 4) is 5.75 Å². The summed E-state index contributed by atoms with van der Waals surface area (Å²) < 4.78 is 18.7. The minimum absolute atomic E-state index is 0.252. The highest BCUT2D eigenvalue weighted by molar-refractivity contribution is 7.99. The molecule has 90 valence electrons. The quantitative estimate of drug-likeness (QED) is 0.834. The number of ether oxygens (including phenoxy) is 1. The average molecular weight is 243 g/mol. The molecule has 2 N–H and O–H groups in total. The summed E-state index contributed by atoms with van der Waals surface area (Å²) in [6.07, 6.45) is 0.955. The van der Waals surface area contributed by atoms with E-state index in [1.165, 1.54) is 7.11 Å². The molecule has 0 fully saturated rings. The molecule has 0 radical (unpaired) electrons. The molecule has 1 aromatic rings. The lowest BCUT2D eigenvalue weighted by Crippen LogP contribution is -2.07. The maximum Gasteiger partial charge on any atom is 0.169 e. The molecule has 1 atom stereocenters. The molecule has 0 saturated carbocycles. The van der Waals surface area contributed by atoms with Crippen molar-refractivity contribution in [2.24, 2.45) is 5.73 Å². The molecule has 0 spiro atoms. The zero-order valence-electron chi connectivity index (χ0n) is 9.70. The molecule has 0 aliphatic heterocycles. The highest BCUT2D eigenvalue weighted by Gasteiger charge is 2.09. The molecule has 1 unspecified atom stereocenters. The molecular weight excluding hydrogens is 225 g/mol. The summed E-state index contributed by atoms with van der Waals surface area (Å²) in [5.74, 6) is 0.714. The lowest BCUT2D eigenvalue weighted by atomic mass is 10.2. The van der Waals surface area contributed by atoms with E-state index in [0.717, 1.165) is 6.42 Å². The molecule has 1 rings (SSSR count). The van der Waals surface area contributed by atoms with Crippen LogP contribution in [-0.4, -0.2) is 18.9 Å². The van der Waals surface area contributed by atoms with Gasteiger partial charge in [-0.2, -0.15) is 11.8 Å². The summed E-state index contributed by atoms with van der Waals surface area (Å²) in [4.78, 5) is 0. The van der Waals surface area contributed by atoms with Gasteiger partial charge in [0.1, 0.15) is 0 Å². The molecule has 0 bridgehead atoms. The Kier molecular flexibility index (Phi) is 5.63. The van der Waals surface area contributed by atoms with Crippen LogP contribution >= 0.6 is 11.8 Å². The van der Waals surface area contributed by atoms with Crippen LogP contribution in [0.2, 0.25) is 0 Å². The van der Waals surface area contributed by atoms with Gasteiger partial charge >= 0.3 is 0 Å². The number of nitrogens with two attached hydrogens (primary N) is 1. The number of benzene rings is 1. The van der Waals surface area contributed by atoms with Crippen molar-refractivity contribution in [1.82, 2.24) is 0 Å². The van der Waals surface area contributed by atoms with Gasteiger partial charge in [-0.3, -0.25) is 0 Å². The monoisotopic (exact) mass is 243 g/mol. The summed E-state index contributed by atoms with van der Waals surface area (Å²) in [6.45, 7) is 2.78. The molecule has 0 aliphatic rings. The molecule has 1 aromatic carbocycles. The van der Waals surface area contributed by atoms with Crippen molar-refractivity contribution in [2.45, 2.75) is 24.3 Å². The zero-order valence-corrected chi connectivity index (χ0v) is 10.5. The summed E-state index contributed by atoms with van der Waals surface area (Å²) in [5, 5.41) is 0.454. The third-order valence-corrected chi connectivity index (χ3v) is 3.64. The number of hydrogen-bond acceptors (Lipinski definition) is 3. The van der Waals surface area contributed by atoms with Crippen LogP contribution in [0.4, 0.5) is 4.39 Å². The fourth-order valence-corrected chi connectivity index (χ4v) is 2.37. The summed E-state index contributed by atoms with van der Waals surface area (Å²) in [5.41, 5.74) is 6.15. The average Bonchev–Trinajstić information content (AvgIpc) is 2.28. The van der Waals surface area contributed by atoms with E-state index in [1.807, 2.05) is 6.07 Å². The zero-order chi connectivity index (χ0) is 12.0. The maximum absolute atomic E-state index is 13.7. The number of thioether (sulfide) groups is 1. The first-order valence-electron chi connectivity index (χ1n) is 5.32. The van der Waals surface area contributed by atoms with E-state index in [2.05, 4.69) is 6.92 Å². The summed E-state index contributed by atoms with van der Waals surface area (Å²) in [6, 6.07) is 5.23. The Morgan fingerprint density at radius 2 is 2.25 bits per heavy atom. The second-order valence-electron chi connectivity index (χ2n) is 3.63.